The Hall–Kier alpha value is -2.93. The Morgan fingerprint density at radius 2 is 2.06 bits per heavy atom. The third-order valence-corrected chi connectivity index (χ3v) is 5.38. The minimum absolute atomic E-state index is 0.200. The van der Waals surface area contributed by atoms with Gasteiger partial charge >= 0.3 is 0 Å². The average Bonchev–Trinajstić information content (AvgIpc) is 3.06. The molecule has 2 aromatic rings. The lowest BCUT2D eigenvalue weighted by Gasteiger charge is -2.30. The molecule has 172 valence electrons. The van der Waals surface area contributed by atoms with E-state index < -0.39 is 17.7 Å². The fourth-order valence-electron chi connectivity index (χ4n) is 3.58. The SMILES string of the molecule is CCCNc1nc(C)c(C#Cc2ccc(OCC)nc2)c(NC2(O)CCC(CO)C2O)n1. The van der Waals surface area contributed by atoms with E-state index in [1.54, 1.807) is 12.3 Å². The molecule has 1 fully saturated rings. The van der Waals surface area contributed by atoms with Crippen LogP contribution in [-0.4, -0.2) is 61.9 Å². The van der Waals surface area contributed by atoms with E-state index in [2.05, 4.69) is 37.4 Å². The van der Waals surface area contributed by atoms with Crippen LogP contribution < -0.4 is 15.4 Å². The van der Waals surface area contributed by atoms with Gasteiger partial charge in [-0.15, -0.1) is 0 Å². The van der Waals surface area contributed by atoms with E-state index in [1.165, 1.54) is 0 Å². The molecule has 1 saturated carbocycles. The average molecular weight is 442 g/mol. The summed E-state index contributed by atoms with van der Waals surface area (Å²) in [6.45, 7) is 6.78. The number of aliphatic hydroxyl groups is 3. The van der Waals surface area contributed by atoms with Crippen LogP contribution in [0.15, 0.2) is 18.3 Å². The van der Waals surface area contributed by atoms with Gasteiger partial charge in [-0.2, -0.15) is 4.98 Å². The highest BCUT2D eigenvalue weighted by Gasteiger charge is 2.47. The number of nitrogens with one attached hydrogen (secondary N) is 2. The van der Waals surface area contributed by atoms with Crippen molar-refractivity contribution in [3.05, 3.63) is 35.2 Å². The van der Waals surface area contributed by atoms with Gasteiger partial charge in [0.25, 0.3) is 0 Å². The van der Waals surface area contributed by atoms with Gasteiger partial charge in [0.2, 0.25) is 11.8 Å². The Labute approximate surface area is 188 Å². The number of rotatable bonds is 8. The molecule has 9 nitrogen and oxygen atoms in total. The summed E-state index contributed by atoms with van der Waals surface area (Å²) < 4.78 is 5.36. The summed E-state index contributed by atoms with van der Waals surface area (Å²) >= 11 is 0. The van der Waals surface area contributed by atoms with Gasteiger partial charge in [0, 0.05) is 36.9 Å². The molecule has 3 unspecified atom stereocenters. The number of nitrogens with zero attached hydrogens (tertiary/aromatic N) is 3. The number of aryl methyl sites for hydroxylation is 1. The number of anilines is 2. The second-order valence-corrected chi connectivity index (χ2v) is 7.83. The smallest absolute Gasteiger partial charge is 0.224 e. The highest BCUT2D eigenvalue weighted by Crippen LogP contribution is 2.36. The second-order valence-electron chi connectivity index (χ2n) is 7.83. The molecular weight excluding hydrogens is 410 g/mol. The summed E-state index contributed by atoms with van der Waals surface area (Å²) in [4.78, 5) is 13.2. The van der Waals surface area contributed by atoms with Crippen LogP contribution in [0.25, 0.3) is 0 Å². The monoisotopic (exact) mass is 441 g/mol. The molecule has 2 heterocycles. The van der Waals surface area contributed by atoms with E-state index >= 15 is 0 Å². The number of aliphatic hydroxyl groups excluding tert-OH is 2. The highest BCUT2D eigenvalue weighted by molar-refractivity contribution is 5.61. The molecule has 1 aliphatic carbocycles. The molecule has 0 aliphatic heterocycles. The van der Waals surface area contributed by atoms with Crippen LogP contribution in [0, 0.1) is 24.7 Å². The predicted molar refractivity (Wildman–Crippen MR) is 121 cm³/mol. The van der Waals surface area contributed by atoms with Gasteiger partial charge in [0.1, 0.15) is 11.9 Å². The Morgan fingerprint density at radius 1 is 1.25 bits per heavy atom. The van der Waals surface area contributed by atoms with E-state index in [9.17, 15) is 15.3 Å². The summed E-state index contributed by atoms with van der Waals surface area (Å²) in [6.07, 6.45) is 2.16. The molecule has 0 bridgehead atoms. The first kappa shape index (κ1) is 23.7. The first-order chi connectivity index (χ1) is 15.4. The van der Waals surface area contributed by atoms with Crippen molar-refractivity contribution in [2.24, 2.45) is 5.92 Å². The number of aromatic nitrogens is 3. The van der Waals surface area contributed by atoms with Crippen LogP contribution in [0.2, 0.25) is 0 Å². The van der Waals surface area contributed by atoms with Crippen molar-refractivity contribution in [3.63, 3.8) is 0 Å². The van der Waals surface area contributed by atoms with Crippen LogP contribution in [0.4, 0.5) is 11.8 Å². The van der Waals surface area contributed by atoms with Crippen molar-refractivity contribution < 1.29 is 20.1 Å². The molecule has 3 atom stereocenters. The lowest BCUT2D eigenvalue weighted by molar-refractivity contribution is -0.0545. The first-order valence-corrected chi connectivity index (χ1v) is 10.9. The zero-order valence-electron chi connectivity index (χ0n) is 18.7. The summed E-state index contributed by atoms with van der Waals surface area (Å²) in [7, 11) is 0. The minimum Gasteiger partial charge on any atom is -0.478 e. The van der Waals surface area contributed by atoms with Gasteiger partial charge in [-0.25, -0.2) is 9.97 Å². The van der Waals surface area contributed by atoms with Gasteiger partial charge in [-0.05, 0) is 39.2 Å². The Balaban J connectivity index is 1.94. The van der Waals surface area contributed by atoms with E-state index in [4.69, 9.17) is 4.74 Å². The molecule has 5 N–H and O–H groups in total. The third kappa shape index (κ3) is 5.46. The lowest BCUT2D eigenvalue weighted by atomic mass is 10.0. The van der Waals surface area contributed by atoms with Crippen LogP contribution in [0.3, 0.4) is 0 Å². The molecule has 1 aliphatic rings. The lowest BCUT2D eigenvalue weighted by Crippen LogP contribution is -2.48. The molecule has 9 heteroatoms. The minimum atomic E-state index is -1.62. The molecule has 0 radical (unpaired) electrons. The largest absolute Gasteiger partial charge is 0.478 e. The topological polar surface area (TPSA) is 133 Å². The number of ether oxygens (including phenoxy) is 1. The number of hydrogen-bond donors (Lipinski definition) is 5. The fraction of sp³-hybridized carbons (Fsp3) is 0.522. The maximum atomic E-state index is 11.0. The Morgan fingerprint density at radius 3 is 2.69 bits per heavy atom. The number of hydrogen-bond acceptors (Lipinski definition) is 9. The zero-order valence-corrected chi connectivity index (χ0v) is 18.7. The molecule has 0 spiro atoms. The molecule has 0 aromatic carbocycles. The maximum absolute atomic E-state index is 11.0. The van der Waals surface area contributed by atoms with Gasteiger partial charge in [-0.3, -0.25) is 0 Å². The summed E-state index contributed by atoms with van der Waals surface area (Å²) in [5, 5.41) is 37.2. The fourth-order valence-corrected chi connectivity index (χ4v) is 3.58. The molecular formula is C23H31N5O4. The van der Waals surface area contributed by atoms with Crippen molar-refractivity contribution >= 4 is 11.8 Å². The molecule has 0 amide bonds. The third-order valence-electron chi connectivity index (χ3n) is 5.38. The van der Waals surface area contributed by atoms with Crippen LogP contribution in [-0.2, 0) is 0 Å². The van der Waals surface area contributed by atoms with Crippen molar-refractivity contribution in [1.29, 1.82) is 0 Å². The summed E-state index contributed by atoms with van der Waals surface area (Å²) in [5.41, 5.74) is 0.205. The Bertz CT molecular complexity index is 973. The van der Waals surface area contributed by atoms with Crippen LogP contribution >= 0.6 is 0 Å². The normalized spacial score (nSPS) is 22.2. The molecule has 2 aromatic heterocycles. The Kier molecular flexibility index (Phi) is 7.85. The van der Waals surface area contributed by atoms with E-state index in [0.29, 0.717) is 54.0 Å². The molecule has 0 saturated heterocycles. The van der Waals surface area contributed by atoms with Crippen molar-refractivity contribution in [3.8, 4) is 17.7 Å². The van der Waals surface area contributed by atoms with E-state index in [0.717, 1.165) is 6.42 Å². The number of pyridine rings is 1. The van der Waals surface area contributed by atoms with Crippen molar-refractivity contribution in [2.45, 2.75) is 51.9 Å². The summed E-state index contributed by atoms with van der Waals surface area (Å²) in [5.74, 6) is 6.98. The second kappa shape index (κ2) is 10.6. The predicted octanol–water partition coefficient (Wildman–Crippen LogP) is 1.66. The molecule has 32 heavy (non-hydrogen) atoms. The van der Waals surface area contributed by atoms with Gasteiger partial charge < -0.3 is 30.7 Å². The van der Waals surface area contributed by atoms with E-state index in [1.807, 2.05) is 26.8 Å². The summed E-state index contributed by atoms with van der Waals surface area (Å²) in [6, 6.07) is 3.56. The molecule has 3 rings (SSSR count). The van der Waals surface area contributed by atoms with Crippen molar-refractivity contribution in [1.82, 2.24) is 15.0 Å². The standard InChI is InChI=1S/C23H31N5O4/c1-4-12-24-22-26-15(3)18(8-6-16-7-9-19(25-13-16)32-5-2)21(27-22)28-23(31)11-10-17(14-29)20(23)30/h7,9,13,17,20,29-31H,4-5,10-12,14H2,1-3H3,(H2,24,26,27,28). The van der Waals surface area contributed by atoms with Crippen LogP contribution in [0.5, 0.6) is 5.88 Å². The first-order valence-electron chi connectivity index (χ1n) is 10.9. The zero-order chi connectivity index (χ0) is 23.1. The quantitative estimate of drug-likeness (QED) is 0.306. The van der Waals surface area contributed by atoms with Gasteiger partial charge in [-0.1, -0.05) is 18.8 Å². The van der Waals surface area contributed by atoms with Gasteiger partial charge in [0.05, 0.1) is 17.9 Å². The maximum Gasteiger partial charge on any atom is 0.224 e. The van der Waals surface area contributed by atoms with Crippen LogP contribution in [0.1, 0.15) is 49.9 Å². The van der Waals surface area contributed by atoms with Crippen molar-refractivity contribution in [2.75, 3.05) is 30.4 Å². The highest BCUT2D eigenvalue weighted by atomic mass is 16.5. The van der Waals surface area contributed by atoms with Gasteiger partial charge in [0.15, 0.2) is 5.72 Å². The van der Waals surface area contributed by atoms with E-state index in [-0.39, 0.29) is 13.0 Å².